The highest BCUT2D eigenvalue weighted by Gasteiger charge is 2.24. The number of hydrogen-bond acceptors (Lipinski definition) is 3. The SMILES string of the molecule is CC(C)(C)C(=O)NC1CCCCC1.CC(C)(C)C(=O)Nc1ccccc1.CCNC(=O)C(C)(C)C. The molecule has 0 unspecified atom stereocenters. The van der Waals surface area contributed by atoms with Crippen LogP contribution in [-0.2, 0) is 14.4 Å². The summed E-state index contributed by atoms with van der Waals surface area (Å²) in [6, 6.07) is 9.93. The van der Waals surface area contributed by atoms with Gasteiger partial charge in [-0.25, -0.2) is 0 Å². The lowest BCUT2D eigenvalue weighted by molar-refractivity contribution is -0.129. The molecule has 0 heterocycles. The van der Waals surface area contributed by atoms with Crippen molar-refractivity contribution in [3.63, 3.8) is 0 Å². The predicted molar refractivity (Wildman–Crippen MR) is 147 cm³/mol. The molecule has 200 valence electrons. The Kier molecular flexibility index (Phi) is 13.9. The smallest absolute Gasteiger partial charge is 0.229 e. The van der Waals surface area contributed by atoms with Crippen LogP contribution < -0.4 is 16.0 Å². The van der Waals surface area contributed by atoms with Gasteiger partial charge in [-0.1, -0.05) is 99.8 Å². The largest absolute Gasteiger partial charge is 0.356 e. The molecule has 2 rings (SSSR count). The lowest BCUT2D eigenvalue weighted by atomic mass is 9.91. The molecule has 1 aromatic carbocycles. The number of carbonyl (C=O) groups excluding carboxylic acids is 3. The lowest BCUT2D eigenvalue weighted by Crippen LogP contribution is -2.42. The highest BCUT2D eigenvalue weighted by Crippen LogP contribution is 2.20. The summed E-state index contributed by atoms with van der Waals surface area (Å²) in [5.41, 5.74) is 0.0333. The molecule has 0 aliphatic heterocycles. The molecule has 0 bridgehead atoms. The number of hydrogen-bond donors (Lipinski definition) is 3. The minimum Gasteiger partial charge on any atom is -0.356 e. The third-order valence-corrected chi connectivity index (χ3v) is 5.35. The monoisotopic (exact) mass is 489 g/mol. The van der Waals surface area contributed by atoms with Crippen LogP contribution in [0.3, 0.4) is 0 Å². The van der Waals surface area contributed by atoms with Crippen LogP contribution in [0.2, 0.25) is 0 Å². The van der Waals surface area contributed by atoms with Gasteiger partial charge in [-0.3, -0.25) is 14.4 Å². The van der Waals surface area contributed by atoms with Gasteiger partial charge >= 0.3 is 0 Å². The van der Waals surface area contributed by atoms with E-state index in [9.17, 15) is 14.4 Å². The van der Waals surface area contributed by atoms with Gasteiger partial charge in [0.2, 0.25) is 17.7 Å². The van der Waals surface area contributed by atoms with Gasteiger partial charge in [-0.2, -0.15) is 0 Å². The highest BCUT2D eigenvalue weighted by atomic mass is 16.2. The Labute approximate surface area is 214 Å². The van der Waals surface area contributed by atoms with Crippen LogP contribution in [0.4, 0.5) is 5.69 Å². The maximum absolute atomic E-state index is 11.6. The first kappa shape index (κ1) is 32.6. The van der Waals surface area contributed by atoms with Crippen molar-refractivity contribution in [3.8, 4) is 0 Å². The molecular weight excluding hydrogens is 438 g/mol. The normalized spacial score (nSPS) is 14.3. The number of amides is 3. The zero-order valence-electron chi connectivity index (χ0n) is 23.9. The van der Waals surface area contributed by atoms with Gasteiger partial charge in [0.1, 0.15) is 0 Å². The second-order valence-corrected chi connectivity index (χ2v) is 12.2. The quantitative estimate of drug-likeness (QED) is 0.464. The van der Waals surface area contributed by atoms with E-state index in [1.807, 2.05) is 99.6 Å². The van der Waals surface area contributed by atoms with Crippen molar-refractivity contribution in [2.45, 2.75) is 107 Å². The minimum absolute atomic E-state index is 0.0405. The Balaban J connectivity index is 0.000000506. The Morgan fingerprint density at radius 2 is 1.17 bits per heavy atom. The summed E-state index contributed by atoms with van der Waals surface area (Å²) < 4.78 is 0. The molecule has 0 aromatic heterocycles. The first-order valence-electron chi connectivity index (χ1n) is 12.9. The molecule has 6 heteroatoms. The number of benzene rings is 1. The third-order valence-electron chi connectivity index (χ3n) is 5.35. The lowest BCUT2D eigenvalue weighted by Gasteiger charge is -2.26. The van der Waals surface area contributed by atoms with Gasteiger partial charge in [0.15, 0.2) is 0 Å². The summed E-state index contributed by atoms with van der Waals surface area (Å²) in [4.78, 5) is 34.1. The summed E-state index contributed by atoms with van der Waals surface area (Å²) >= 11 is 0. The van der Waals surface area contributed by atoms with Crippen LogP contribution in [0.5, 0.6) is 0 Å². The summed E-state index contributed by atoms with van der Waals surface area (Å²) in [6.45, 7) is 19.9. The molecule has 0 spiro atoms. The van der Waals surface area contributed by atoms with E-state index in [-0.39, 0.29) is 34.0 Å². The van der Waals surface area contributed by atoms with Crippen LogP contribution in [0.15, 0.2) is 30.3 Å². The van der Waals surface area contributed by atoms with Crippen molar-refractivity contribution >= 4 is 23.4 Å². The summed E-state index contributed by atoms with van der Waals surface area (Å²) in [7, 11) is 0. The fraction of sp³-hybridized carbons (Fsp3) is 0.690. The maximum atomic E-state index is 11.6. The second-order valence-electron chi connectivity index (χ2n) is 12.2. The van der Waals surface area contributed by atoms with E-state index < -0.39 is 0 Å². The molecule has 0 radical (unpaired) electrons. The second kappa shape index (κ2) is 14.9. The zero-order valence-corrected chi connectivity index (χ0v) is 23.9. The molecule has 1 aliphatic carbocycles. The topological polar surface area (TPSA) is 87.3 Å². The zero-order chi connectivity index (χ0) is 27.3. The summed E-state index contributed by atoms with van der Waals surface area (Å²) in [5, 5.41) is 8.71. The van der Waals surface area contributed by atoms with Crippen molar-refractivity contribution in [1.29, 1.82) is 0 Å². The molecule has 35 heavy (non-hydrogen) atoms. The molecule has 0 atom stereocenters. The number of anilines is 1. The molecule has 1 fully saturated rings. The molecule has 1 saturated carbocycles. The number of nitrogens with one attached hydrogen (secondary N) is 3. The van der Waals surface area contributed by atoms with Crippen molar-refractivity contribution in [1.82, 2.24) is 10.6 Å². The minimum atomic E-state index is -0.337. The maximum Gasteiger partial charge on any atom is 0.229 e. The van der Waals surface area contributed by atoms with E-state index in [1.54, 1.807) is 0 Å². The molecular formula is C29H51N3O3. The van der Waals surface area contributed by atoms with E-state index in [2.05, 4.69) is 16.0 Å². The highest BCUT2D eigenvalue weighted by molar-refractivity contribution is 5.94. The number of carbonyl (C=O) groups is 3. The fourth-order valence-electron chi connectivity index (χ4n) is 2.91. The third kappa shape index (κ3) is 15.3. The van der Waals surface area contributed by atoms with Gasteiger partial charge in [-0.05, 0) is 31.9 Å². The Morgan fingerprint density at radius 1 is 0.714 bits per heavy atom. The van der Waals surface area contributed by atoms with Crippen LogP contribution in [0.1, 0.15) is 101 Å². The van der Waals surface area contributed by atoms with Crippen LogP contribution in [0, 0.1) is 16.2 Å². The van der Waals surface area contributed by atoms with Crippen LogP contribution in [0.25, 0.3) is 0 Å². The molecule has 6 nitrogen and oxygen atoms in total. The fourth-order valence-corrected chi connectivity index (χ4v) is 2.91. The first-order valence-corrected chi connectivity index (χ1v) is 12.9. The van der Waals surface area contributed by atoms with Crippen LogP contribution >= 0.6 is 0 Å². The Bertz CT molecular complexity index is 763. The molecule has 0 saturated heterocycles. The van der Waals surface area contributed by atoms with E-state index in [0.717, 1.165) is 12.2 Å². The van der Waals surface area contributed by atoms with Crippen molar-refractivity contribution in [2.75, 3.05) is 11.9 Å². The van der Waals surface area contributed by atoms with Crippen molar-refractivity contribution in [3.05, 3.63) is 30.3 Å². The Hall–Kier alpha value is -2.37. The van der Waals surface area contributed by atoms with Crippen molar-refractivity contribution < 1.29 is 14.4 Å². The molecule has 1 aliphatic rings. The van der Waals surface area contributed by atoms with E-state index in [1.165, 1.54) is 32.1 Å². The molecule has 3 amide bonds. The molecule has 1 aromatic rings. The van der Waals surface area contributed by atoms with E-state index >= 15 is 0 Å². The number of rotatable bonds is 3. The first-order chi connectivity index (χ1) is 16.0. The van der Waals surface area contributed by atoms with Crippen molar-refractivity contribution in [2.24, 2.45) is 16.2 Å². The van der Waals surface area contributed by atoms with Crippen LogP contribution in [-0.4, -0.2) is 30.3 Å². The van der Waals surface area contributed by atoms with Gasteiger partial charge in [0.05, 0.1) is 0 Å². The average molecular weight is 490 g/mol. The summed E-state index contributed by atoms with van der Waals surface area (Å²) in [5.74, 6) is 0.350. The van der Waals surface area contributed by atoms with Gasteiger partial charge in [0, 0.05) is 34.5 Å². The van der Waals surface area contributed by atoms with E-state index in [4.69, 9.17) is 0 Å². The van der Waals surface area contributed by atoms with E-state index in [0.29, 0.717) is 6.04 Å². The van der Waals surface area contributed by atoms with Gasteiger partial charge in [-0.15, -0.1) is 0 Å². The van der Waals surface area contributed by atoms with Gasteiger partial charge in [0.25, 0.3) is 0 Å². The summed E-state index contributed by atoms with van der Waals surface area (Å²) in [6.07, 6.45) is 6.22. The predicted octanol–water partition coefficient (Wildman–Crippen LogP) is 6.32. The Morgan fingerprint density at radius 3 is 1.54 bits per heavy atom. The van der Waals surface area contributed by atoms with Gasteiger partial charge < -0.3 is 16.0 Å². The molecule has 3 N–H and O–H groups in total. The number of para-hydroxylation sites is 1. The standard InChI is InChI=1S/C11H21NO.C11H15NO.C7H15NO/c2*1-11(2,3)10(13)12-9-7-5-4-6-8-9;1-5-8-6(9)7(2,3)4/h9H,4-8H2,1-3H3,(H,12,13);4-8H,1-3H3,(H,12,13);5H2,1-4H3,(H,8,9). The average Bonchev–Trinajstić information content (AvgIpc) is 2.74.